The molecule has 0 spiro atoms. The second-order valence-corrected chi connectivity index (χ2v) is 10.4. The molecule has 5 rings (SSSR count). The van der Waals surface area contributed by atoms with Gasteiger partial charge >= 0.3 is 5.97 Å². The average molecular weight is 593 g/mol. The van der Waals surface area contributed by atoms with Gasteiger partial charge in [0.15, 0.2) is 28.8 Å². The molecular formula is C31H29FN2O7S. The molecule has 1 aromatic heterocycles. The highest BCUT2D eigenvalue weighted by molar-refractivity contribution is 7.00. The minimum absolute atomic E-state index is 0.0291. The molecule has 0 radical (unpaired) electrons. The van der Waals surface area contributed by atoms with Gasteiger partial charge in [-0.15, -0.1) is 0 Å². The molecule has 1 fully saturated rings. The summed E-state index contributed by atoms with van der Waals surface area (Å²) in [6, 6.07) is 12.0. The van der Waals surface area contributed by atoms with Crippen LogP contribution in [0.2, 0.25) is 0 Å². The molecule has 0 amide bonds. The molecule has 1 saturated carbocycles. The number of methoxy groups -OCH3 is 3. The molecule has 218 valence electrons. The number of benzene rings is 3. The van der Waals surface area contributed by atoms with Crippen LogP contribution < -0.4 is 18.9 Å². The van der Waals surface area contributed by atoms with Gasteiger partial charge in [-0.05, 0) is 79.3 Å². The van der Waals surface area contributed by atoms with Gasteiger partial charge in [-0.1, -0.05) is 6.07 Å². The summed E-state index contributed by atoms with van der Waals surface area (Å²) in [5.74, 6) is -1.53. The number of nitrogens with zero attached hydrogens (tertiary/aromatic N) is 2. The van der Waals surface area contributed by atoms with Gasteiger partial charge in [-0.2, -0.15) is 8.75 Å². The molecule has 0 aliphatic heterocycles. The first-order valence-corrected chi connectivity index (χ1v) is 14.0. The SMILES string of the molecule is COc1ccc(C(=O)C(Cc2cc(OC)c(OC3CCCC3)c(OC)c2)=C(C(=O)O)c2ccc3nsnc3c2)cc1F. The van der Waals surface area contributed by atoms with Crippen LogP contribution in [-0.2, 0) is 11.2 Å². The van der Waals surface area contributed by atoms with Gasteiger partial charge in [-0.25, -0.2) is 9.18 Å². The zero-order valence-corrected chi connectivity index (χ0v) is 24.1. The van der Waals surface area contributed by atoms with Crippen molar-refractivity contribution < 1.29 is 38.0 Å². The summed E-state index contributed by atoms with van der Waals surface area (Å²) in [5, 5.41) is 10.4. The molecule has 11 heteroatoms. The van der Waals surface area contributed by atoms with Crippen molar-refractivity contribution in [2.75, 3.05) is 21.3 Å². The lowest BCUT2D eigenvalue weighted by atomic mass is 9.89. The summed E-state index contributed by atoms with van der Waals surface area (Å²) < 4.78 is 45.5. The van der Waals surface area contributed by atoms with Gasteiger partial charge < -0.3 is 24.1 Å². The van der Waals surface area contributed by atoms with Crippen LogP contribution in [0.4, 0.5) is 4.39 Å². The molecule has 1 N–H and O–H groups in total. The number of Topliss-reactive ketones (excluding diaryl/α,β-unsaturated/α-hetero) is 1. The Labute approximate surface area is 245 Å². The maximum absolute atomic E-state index is 14.7. The number of carboxylic acids is 1. The van der Waals surface area contributed by atoms with E-state index in [0.717, 1.165) is 43.5 Å². The number of fused-ring (bicyclic) bond motifs is 1. The summed E-state index contributed by atoms with van der Waals surface area (Å²) in [5.41, 5.74) is 1.56. The summed E-state index contributed by atoms with van der Waals surface area (Å²) in [6.07, 6.45) is 3.92. The van der Waals surface area contributed by atoms with Crippen molar-refractivity contribution in [3.05, 3.63) is 76.6 Å². The van der Waals surface area contributed by atoms with E-state index in [1.165, 1.54) is 33.5 Å². The molecule has 4 aromatic rings. The van der Waals surface area contributed by atoms with E-state index in [4.69, 9.17) is 18.9 Å². The van der Waals surface area contributed by atoms with Crippen LogP contribution in [0, 0.1) is 5.82 Å². The maximum Gasteiger partial charge on any atom is 0.336 e. The molecular weight excluding hydrogens is 563 g/mol. The number of carbonyl (C=O) groups excluding carboxylic acids is 1. The minimum atomic E-state index is -1.32. The first-order valence-electron chi connectivity index (χ1n) is 13.3. The number of hydrogen-bond donors (Lipinski definition) is 1. The smallest absolute Gasteiger partial charge is 0.336 e. The minimum Gasteiger partial charge on any atom is -0.494 e. The van der Waals surface area contributed by atoms with E-state index in [1.54, 1.807) is 30.3 Å². The van der Waals surface area contributed by atoms with Crippen molar-refractivity contribution in [1.82, 2.24) is 8.75 Å². The maximum atomic E-state index is 14.7. The monoisotopic (exact) mass is 592 g/mol. The first kappa shape index (κ1) is 29.0. The van der Waals surface area contributed by atoms with E-state index in [9.17, 15) is 19.1 Å². The third-order valence-electron chi connectivity index (χ3n) is 7.23. The first-order chi connectivity index (χ1) is 20.3. The lowest BCUT2D eigenvalue weighted by Crippen LogP contribution is -2.15. The number of halogens is 1. The Bertz CT molecular complexity index is 1650. The highest BCUT2D eigenvalue weighted by Crippen LogP contribution is 2.42. The number of ether oxygens (including phenoxy) is 4. The number of aromatic nitrogens is 2. The van der Waals surface area contributed by atoms with Gasteiger partial charge in [0, 0.05) is 17.6 Å². The Kier molecular flexibility index (Phi) is 8.67. The number of hydrogen-bond acceptors (Lipinski definition) is 9. The standard InChI is InChI=1S/C31H29FN2O7S/c1-38-25-11-9-19(15-22(25)32)29(35)21(28(31(36)37)18-8-10-23-24(16-18)34-42-33-23)12-17-13-26(39-2)30(27(14-17)40-3)41-20-6-4-5-7-20/h8-11,13-16,20H,4-7,12H2,1-3H3,(H,36,37). The van der Waals surface area contributed by atoms with Gasteiger partial charge in [0.05, 0.1) is 44.7 Å². The molecule has 3 aromatic carbocycles. The van der Waals surface area contributed by atoms with E-state index in [-0.39, 0.29) is 40.5 Å². The summed E-state index contributed by atoms with van der Waals surface area (Å²) in [7, 11) is 4.32. The number of rotatable bonds is 11. The molecule has 1 heterocycles. The van der Waals surface area contributed by atoms with Gasteiger partial charge in [0.1, 0.15) is 11.0 Å². The Morgan fingerprint density at radius 3 is 2.14 bits per heavy atom. The molecule has 0 bridgehead atoms. The van der Waals surface area contributed by atoms with Crippen molar-refractivity contribution in [3.8, 4) is 23.0 Å². The Morgan fingerprint density at radius 2 is 1.52 bits per heavy atom. The molecule has 0 saturated heterocycles. The lowest BCUT2D eigenvalue weighted by molar-refractivity contribution is -0.130. The van der Waals surface area contributed by atoms with Crippen LogP contribution in [0.5, 0.6) is 23.0 Å². The van der Waals surface area contributed by atoms with Crippen LogP contribution in [0.15, 0.2) is 54.1 Å². The van der Waals surface area contributed by atoms with Crippen LogP contribution in [-0.4, -0.2) is 53.0 Å². The number of aliphatic carboxylic acids is 1. The molecule has 9 nitrogen and oxygen atoms in total. The molecule has 1 aliphatic carbocycles. The van der Waals surface area contributed by atoms with E-state index in [1.807, 2.05) is 0 Å². The summed E-state index contributed by atoms with van der Waals surface area (Å²) in [6.45, 7) is 0. The lowest BCUT2D eigenvalue weighted by Gasteiger charge is -2.20. The Balaban J connectivity index is 1.65. The third kappa shape index (κ3) is 5.91. The quantitative estimate of drug-likeness (QED) is 0.162. The van der Waals surface area contributed by atoms with Crippen molar-refractivity contribution in [3.63, 3.8) is 0 Å². The highest BCUT2D eigenvalue weighted by atomic mass is 32.1. The number of allylic oxidation sites excluding steroid dienone is 1. The fourth-order valence-corrected chi connectivity index (χ4v) is 5.68. The molecule has 1 aliphatic rings. The van der Waals surface area contributed by atoms with Crippen molar-refractivity contribution in [2.24, 2.45) is 0 Å². The van der Waals surface area contributed by atoms with Crippen LogP contribution in [0.1, 0.15) is 47.2 Å². The van der Waals surface area contributed by atoms with E-state index >= 15 is 0 Å². The largest absolute Gasteiger partial charge is 0.494 e. The highest BCUT2D eigenvalue weighted by Gasteiger charge is 2.27. The average Bonchev–Trinajstić information content (AvgIpc) is 3.68. The zero-order chi connectivity index (χ0) is 29.8. The van der Waals surface area contributed by atoms with E-state index in [2.05, 4.69) is 8.75 Å². The summed E-state index contributed by atoms with van der Waals surface area (Å²) in [4.78, 5) is 26.8. The number of carbonyl (C=O) groups is 2. The predicted molar refractivity (Wildman–Crippen MR) is 155 cm³/mol. The van der Waals surface area contributed by atoms with Crippen molar-refractivity contribution >= 4 is 40.1 Å². The van der Waals surface area contributed by atoms with Crippen molar-refractivity contribution in [1.29, 1.82) is 0 Å². The fourth-order valence-electron chi connectivity index (χ4n) is 5.16. The predicted octanol–water partition coefficient (Wildman–Crippen LogP) is 6.14. The second kappa shape index (κ2) is 12.6. The van der Waals surface area contributed by atoms with Crippen LogP contribution in [0.25, 0.3) is 16.6 Å². The third-order valence-corrected chi connectivity index (χ3v) is 7.79. The van der Waals surface area contributed by atoms with Crippen molar-refractivity contribution in [2.45, 2.75) is 38.2 Å². The fraction of sp³-hybridized carbons (Fsp3) is 0.290. The van der Waals surface area contributed by atoms with Gasteiger partial charge in [0.2, 0.25) is 5.75 Å². The molecule has 0 atom stereocenters. The number of carboxylic acid groups (broad SMARTS) is 1. The van der Waals surface area contributed by atoms with E-state index in [0.29, 0.717) is 33.8 Å². The van der Waals surface area contributed by atoms with Gasteiger partial charge in [0.25, 0.3) is 0 Å². The Hall–Kier alpha value is -4.51. The van der Waals surface area contributed by atoms with Crippen LogP contribution >= 0.6 is 11.7 Å². The topological polar surface area (TPSA) is 117 Å². The van der Waals surface area contributed by atoms with Crippen LogP contribution in [0.3, 0.4) is 0 Å². The second-order valence-electron chi connectivity index (χ2n) is 9.84. The molecule has 0 unspecified atom stereocenters. The molecule has 42 heavy (non-hydrogen) atoms. The summed E-state index contributed by atoms with van der Waals surface area (Å²) >= 11 is 0.998. The van der Waals surface area contributed by atoms with E-state index < -0.39 is 17.6 Å². The zero-order valence-electron chi connectivity index (χ0n) is 23.3. The normalized spacial score (nSPS) is 14.0. The Morgan fingerprint density at radius 1 is 0.881 bits per heavy atom. The number of ketones is 1. The van der Waals surface area contributed by atoms with Gasteiger partial charge in [-0.3, -0.25) is 4.79 Å².